The molecule has 1 N–H and O–H groups in total. The summed E-state index contributed by atoms with van der Waals surface area (Å²) >= 11 is 6.34. The molecule has 1 fully saturated rings. The molecule has 5 rings (SSSR count). The second-order valence-corrected chi connectivity index (χ2v) is 9.70. The van der Waals surface area contributed by atoms with Crippen molar-refractivity contribution in [3.05, 3.63) is 87.3 Å². The Morgan fingerprint density at radius 2 is 2.09 bits per heavy atom. The first-order chi connectivity index (χ1) is 15.8. The van der Waals surface area contributed by atoms with Gasteiger partial charge in [-0.25, -0.2) is 9.37 Å². The van der Waals surface area contributed by atoms with Gasteiger partial charge in [0.05, 0.1) is 29.4 Å². The first-order valence-electron chi connectivity index (χ1n) is 11.4. The van der Waals surface area contributed by atoms with Crippen LogP contribution in [-0.2, 0) is 10.3 Å². The number of methoxy groups -OCH3 is 1. The first kappa shape index (κ1) is 22.0. The van der Waals surface area contributed by atoms with Gasteiger partial charge in [-0.15, -0.1) is 0 Å². The van der Waals surface area contributed by atoms with Crippen molar-refractivity contribution in [2.24, 2.45) is 0 Å². The number of halogens is 2. The van der Waals surface area contributed by atoms with Crippen LogP contribution in [-0.4, -0.2) is 28.5 Å². The fourth-order valence-electron chi connectivity index (χ4n) is 5.30. The molecule has 4 nitrogen and oxygen atoms in total. The quantitative estimate of drug-likeness (QED) is 0.459. The molecule has 2 atom stereocenters. The van der Waals surface area contributed by atoms with Crippen LogP contribution in [0, 0.1) is 19.9 Å². The van der Waals surface area contributed by atoms with Crippen LogP contribution in [0.25, 0.3) is 11.0 Å². The Labute approximate surface area is 199 Å². The molecular weight excluding hydrogens is 437 g/mol. The average Bonchev–Trinajstić information content (AvgIpc) is 3.41. The van der Waals surface area contributed by atoms with Crippen molar-refractivity contribution < 1.29 is 9.13 Å². The highest BCUT2D eigenvalue weighted by Gasteiger charge is 2.44. The number of hydrogen-bond acceptors (Lipinski definition) is 3. The SMILES string of the molecule is COC1=C(N2CCC[C@@]2(C)c2nc3c(C)c(Cl)ccc3[nH]2)CC(c2cccc(C)c2)[C]=C1F. The standard InChI is InChI=1S/C27H28ClFN3O/c1-16-7-5-8-18(13-16)19-14-21(29)25(33-4)23(15-19)32-12-6-11-27(32,3)26-30-22-10-9-20(28)17(2)24(22)31-26/h5,7-10,13,19H,6,11-12,15H2,1-4H3,(H,30,31)/t19?,27-/m0/s1. The van der Waals surface area contributed by atoms with E-state index in [4.69, 9.17) is 21.3 Å². The number of aromatic amines is 1. The Kier molecular flexibility index (Phi) is 5.48. The molecule has 1 unspecified atom stereocenters. The Bertz CT molecular complexity index is 1290. The molecule has 1 aromatic heterocycles. The lowest BCUT2D eigenvalue weighted by Crippen LogP contribution is -2.40. The largest absolute Gasteiger partial charge is 0.492 e. The molecule has 1 aliphatic carbocycles. The third kappa shape index (κ3) is 3.63. The number of nitrogens with one attached hydrogen (secondary N) is 1. The van der Waals surface area contributed by atoms with Crippen LogP contribution in [0.5, 0.6) is 0 Å². The Balaban J connectivity index is 1.57. The fraction of sp³-hybridized carbons (Fsp3) is 0.370. The number of H-pyrrole nitrogens is 1. The number of imidazole rings is 1. The first-order valence-corrected chi connectivity index (χ1v) is 11.8. The summed E-state index contributed by atoms with van der Waals surface area (Å²) in [5.74, 6) is 0.559. The van der Waals surface area contributed by atoms with Crippen molar-refractivity contribution >= 4 is 22.6 Å². The van der Waals surface area contributed by atoms with Crippen LogP contribution < -0.4 is 0 Å². The molecule has 171 valence electrons. The maximum atomic E-state index is 15.3. The number of allylic oxidation sites excluding steroid dienone is 3. The van der Waals surface area contributed by atoms with E-state index >= 15 is 4.39 Å². The fourth-order valence-corrected chi connectivity index (χ4v) is 5.45. The normalized spacial score (nSPS) is 23.4. The highest BCUT2D eigenvalue weighted by atomic mass is 35.5. The zero-order valence-corrected chi connectivity index (χ0v) is 20.2. The van der Waals surface area contributed by atoms with Crippen LogP contribution in [0.3, 0.4) is 0 Å². The minimum absolute atomic E-state index is 0.166. The van der Waals surface area contributed by atoms with Gasteiger partial charge in [0.25, 0.3) is 0 Å². The lowest BCUT2D eigenvalue weighted by Gasteiger charge is -2.39. The summed E-state index contributed by atoms with van der Waals surface area (Å²) in [5, 5.41) is 0.703. The van der Waals surface area contributed by atoms with Crippen molar-refractivity contribution in [1.82, 2.24) is 14.9 Å². The van der Waals surface area contributed by atoms with Gasteiger partial charge in [-0.05, 0) is 56.9 Å². The summed E-state index contributed by atoms with van der Waals surface area (Å²) in [7, 11) is 1.53. The molecule has 0 amide bonds. The zero-order valence-electron chi connectivity index (χ0n) is 19.4. The predicted octanol–water partition coefficient (Wildman–Crippen LogP) is 6.85. The smallest absolute Gasteiger partial charge is 0.173 e. The van der Waals surface area contributed by atoms with E-state index in [0.717, 1.165) is 58.6 Å². The molecule has 2 aliphatic rings. The van der Waals surface area contributed by atoms with Gasteiger partial charge in [0, 0.05) is 30.0 Å². The van der Waals surface area contributed by atoms with E-state index in [1.54, 1.807) is 0 Å². The van der Waals surface area contributed by atoms with Gasteiger partial charge in [-0.1, -0.05) is 41.4 Å². The van der Waals surface area contributed by atoms with Gasteiger partial charge in [0.15, 0.2) is 11.6 Å². The molecule has 0 bridgehead atoms. The van der Waals surface area contributed by atoms with Crippen molar-refractivity contribution in [1.29, 1.82) is 0 Å². The minimum Gasteiger partial charge on any atom is -0.492 e. The second-order valence-electron chi connectivity index (χ2n) is 9.29. The van der Waals surface area contributed by atoms with E-state index in [0.29, 0.717) is 11.4 Å². The zero-order chi connectivity index (χ0) is 23.3. The van der Waals surface area contributed by atoms with Crippen LogP contribution >= 0.6 is 11.6 Å². The number of ether oxygens (including phenoxy) is 1. The van der Waals surface area contributed by atoms with E-state index in [1.165, 1.54) is 7.11 Å². The minimum atomic E-state index is -0.424. The molecule has 1 saturated heterocycles. The number of fused-ring (bicyclic) bond motifs is 1. The van der Waals surface area contributed by atoms with Crippen LogP contribution in [0.4, 0.5) is 4.39 Å². The van der Waals surface area contributed by atoms with Crippen molar-refractivity contribution in [2.45, 2.75) is 51.5 Å². The molecule has 33 heavy (non-hydrogen) atoms. The summed E-state index contributed by atoms with van der Waals surface area (Å²) in [6.45, 7) is 7.02. The van der Waals surface area contributed by atoms with Crippen molar-refractivity contribution in [3.63, 3.8) is 0 Å². The number of aryl methyl sites for hydroxylation is 2. The third-order valence-electron chi connectivity index (χ3n) is 7.13. The number of likely N-dealkylation sites (tertiary alicyclic amines) is 1. The van der Waals surface area contributed by atoms with Gasteiger partial charge in [0.1, 0.15) is 5.82 Å². The summed E-state index contributed by atoms with van der Waals surface area (Å²) in [4.78, 5) is 10.8. The summed E-state index contributed by atoms with van der Waals surface area (Å²) in [6.07, 6.45) is 5.54. The van der Waals surface area contributed by atoms with E-state index in [9.17, 15) is 0 Å². The number of benzene rings is 2. The number of aromatic nitrogens is 2. The molecule has 0 saturated carbocycles. The maximum Gasteiger partial charge on any atom is 0.173 e. The van der Waals surface area contributed by atoms with Gasteiger partial charge < -0.3 is 14.6 Å². The highest BCUT2D eigenvalue weighted by molar-refractivity contribution is 6.32. The predicted molar refractivity (Wildman–Crippen MR) is 130 cm³/mol. The van der Waals surface area contributed by atoms with Gasteiger partial charge in [-0.3, -0.25) is 0 Å². The molecule has 2 aromatic carbocycles. The van der Waals surface area contributed by atoms with Gasteiger partial charge in [-0.2, -0.15) is 0 Å². The second kappa shape index (κ2) is 8.21. The Morgan fingerprint density at radius 3 is 2.85 bits per heavy atom. The molecule has 3 aromatic rings. The van der Waals surface area contributed by atoms with Crippen molar-refractivity contribution in [3.8, 4) is 0 Å². The van der Waals surface area contributed by atoms with Crippen molar-refractivity contribution in [2.75, 3.05) is 13.7 Å². The molecule has 0 spiro atoms. The summed E-state index contributed by atoms with van der Waals surface area (Å²) < 4.78 is 20.8. The average molecular weight is 465 g/mol. The summed E-state index contributed by atoms with van der Waals surface area (Å²) in [6, 6.07) is 12.1. The topological polar surface area (TPSA) is 41.1 Å². The number of rotatable bonds is 4. The van der Waals surface area contributed by atoms with Crippen LogP contribution in [0.2, 0.25) is 5.02 Å². The monoisotopic (exact) mass is 464 g/mol. The molecule has 2 heterocycles. The number of nitrogens with zero attached hydrogens (tertiary/aromatic N) is 2. The molecular formula is C27H28ClFN3O. The van der Waals surface area contributed by atoms with E-state index < -0.39 is 11.4 Å². The molecule has 6 heteroatoms. The van der Waals surface area contributed by atoms with Gasteiger partial charge in [0.2, 0.25) is 0 Å². The molecule has 1 aliphatic heterocycles. The van der Waals surface area contributed by atoms with Crippen LogP contribution in [0.1, 0.15) is 54.6 Å². The lowest BCUT2D eigenvalue weighted by atomic mass is 9.87. The van der Waals surface area contributed by atoms with Crippen LogP contribution in [0.15, 0.2) is 53.7 Å². The van der Waals surface area contributed by atoms with Gasteiger partial charge >= 0.3 is 0 Å². The lowest BCUT2D eigenvalue weighted by molar-refractivity contribution is 0.162. The Hall–Kier alpha value is -2.79. The maximum absolute atomic E-state index is 15.3. The van der Waals surface area contributed by atoms with E-state index in [-0.39, 0.29) is 11.7 Å². The number of hydrogen-bond donors (Lipinski definition) is 1. The Morgan fingerprint density at radius 1 is 1.27 bits per heavy atom. The van der Waals surface area contributed by atoms with E-state index in [2.05, 4.69) is 41.9 Å². The summed E-state index contributed by atoms with van der Waals surface area (Å²) in [5.41, 5.74) is 5.48. The third-order valence-corrected chi connectivity index (χ3v) is 7.54. The van der Waals surface area contributed by atoms with E-state index in [1.807, 2.05) is 31.2 Å². The molecule has 1 radical (unpaired) electrons. The highest BCUT2D eigenvalue weighted by Crippen LogP contribution is 2.46.